The zero-order chi connectivity index (χ0) is 23.4. The van der Waals surface area contributed by atoms with Crippen LogP contribution in [-0.2, 0) is 17.9 Å². The number of aromatic nitrogens is 3. The predicted molar refractivity (Wildman–Crippen MR) is 125 cm³/mol. The molecule has 0 unspecified atom stereocenters. The number of rotatable bonds is 8. The van der Waals surface area contributed by atoms with Crippen LogP contribution in [0.3, 0.4) is 0 Å². The molecule has 0 aliphatic heterocycles. The fourth-order valence-corrected chi connectivity index (χ4v) is 3.42. The molecule has 1 amide bonds. The summed E-state index contributed by atoms with van der Waals surface area (Å²) in [6.45, 7) is 6.53. The summed E-state index contributed by atoms with van der Waals surface area (Å²) in [6.07, 6.45) is 1.64. The molecule has 0 bridgehead atoms. The topological polar surface area (TPSA) is 99.2 Å². The number of ether oxygens (including phenoxy) is 1. The molecular formula is C25H26N4O4. The van der Waals surface area contributed by atoms with Crippen molar-refractivity contribution in [2.45, 2.75) is 46.4 Å². The number of benzene rings is 2. The molecule has 0 radical (unpaired) electrons. The number of amides is 1. The number of aryl methyl sites for hydroxylation is 2. The molecule has 8 nitrogen and oxygen atoms in total. The van der Waals surface area contributed by atoms with Crippen molar-refractivity contribution < 1.29 is 14.1 Å². The highest BCUT2D eigenvalue weighted by Crippen LogP contribution is 2.24. The van der Waals surface area contributed by atoms with Gasteiger partial charge in [-0.2, -0.15) is 0 Å². The maximum Gasteiger partial charge on any atom is 0.266 e. The van der Waals surface area contributed by atoms with E-state index in [0.717, 1.165) is 22.4 Å². The van der Waals surface area contributed by atoms with Crippen molar-refractivity contribution in [3.8, 4) is 17.0 Å². The van der Waals surface area contributed by atoms with Crippen LogP contribution in [0.2, 0.25) is 0 Å². The monoisotopic (exact) mass is 446 g/mol. The van der Waals surface area contributed by atoms with Crippen molar-refractivity contribution in [1.82, 2.24) is 20.0 Å². The van der Waals surface area contributed by atoms with Crippen LogP contribution in [0.15, 0.2) is 64.2 Å². The summed E-state index contributed by atoms with van der Waals surface area (Å²) in [7, 11) is 0. The summed E-state index contributed by atoms with van der Waals surface area (Å²) in [6, 6.07) is 15.3. The largest absolute Gasteiger partial charge is 0.491 e. The molecule has 4 aromatic rings. The third-order valence-corrected chi connectivity index (χ3v) is 5.15. The maximum absolute atomic E-state index is 13.0. The first kappa shape index (κ1) is 22.3. The maximum atomic E-state index is 13.0. The Morgan fingerprint density at radius 3 is 2.55 bits per heavy atom. The first-order valence-corrected chi connectivity index (χ1v) is 10.8. The number of hydrogen-bond acceptors (Lipinski definition) is 6. The fourth-order valence-electron chi connectivity index (χ4n) is 3.42. The Bertz CT molecular complexity index is 1310. The van der Waals surface area contributed by atoms with Crippen LogP contribution >= 0.6 is 0 Å². The Hall–Kier alpha value is -3.94. The average molecular weight is 447 g/mol. The minimum atomic E-state index is -0.287. The van der Waals surface area contributed by atoms with Crippen molar-refractivity contribution in [3.63, 3.8) is 0 Å². The SMILES string of the molecule is Cc1ccc(-c2noc3ncn(CCC(=O)NCc4ccc(OC(C)C)cc4)c(=O)c23)cc1. The third-order valence-electron chi connectivity index (χ3n) is 5.15. The highest BCUT2D eigenvalue weighted by atomic mass is 16.5. The van der Waals surface area contributed by atoms with E-state index in [2.05, 4.69) is 15.5 Å². The molecule has 33 heavy (non-hydrogen) atoms. The van der Waals surface area contributed by atoms with Crippen LogP contribution in [0, 0.1) is 6.92 Å². The first-order valence-electron chi connectivity index (χ1n) is 10.8. The molecule has 2 heterocycles. The zero-order valence-electron chi connectivity index (χ0n) is 18.9. The number of nitrogens with zero attached hydrogens (tertiary/aromatic N) is 3. The van der Waals surface area contributed by atoms with Gasteiger partial charge in [0.1, 0.15) is 23.2 Å². The number of carbonyl (C=O) groups is 1. The normalized spacial score (nSPS) is 11.2. The smallest absolute Gasteiger partial charge is 0.266 e. The zero-order valence-corrected chi connectivity index (χ0v) is 18.9. The van der Waals surface area contributed by atoms with Gasteiger partial charge in [0.2, 0.25) is 5.91 Å². The molecule has 4 rings (SSSR count). The van der Waals surface area contributed by atoms with Gasteiger partial charge in [-0.25, -0.2) is 4.98 Å². The highest BCUT2D eigenvalue weighted by molar-refractivity contribution is 5.88. The summed E-state index contributed by atoms with van der Waals surface area (Å²) in [4.78, 5) is 29.6. The van der Waals surface area contributed by atoms with E-state index in [0.29, 0.717) is 17.6 Å². The van der Waals surface area contributed by atoms with Crippen LogP contribution in [0.25, 0.3) is 22.4 Å². The molecule has 0 aliphatic carbocycles. The molecule has 2 aromatic carbocycles. The van der Waals surface area contributed by atoms with Crippen molar-refractivity contribution in [2.75, 3.05) is 0 Å². The average Bonchev–Trinajstić information content (AvgIpc) is 3.23. The molecule has 0 saturated heterocycles. The van der Waals surface area contributed by atoms with Gasteiger partial charge < -0.3 is 14.6 Å². The second-order valence-corrected chi connectivity index (χ2v) is 8.16. The van der Waals surface area contributed by atoms with Gasteiger partial charge in [-0.1, -0.05) is 47.1 Å². The van der Waals surface area contributed by atoms with E-state index in [1.807, 2.05) is 69.3 Å². The molecule has 8 heteroatoms. The Morgan fingerprint density at radius 1 is 1.12 bits per heavy atom. The minimum absolute atomic E-state index is 0.110. The summed E-state index contributed by atoms with van der Waals surface area (Å²) in [5, 5.41) is 7.23. The van der Waals surface area contributed by atoms with Gasteiger partial charge in [0, 0.05) is 25.1 Å². The lowest BCUT2D eigenvalue weighted by molar-refractivity contribution is -0.121. The Labute approximate surface area is 191 Å². The second-order valence-electron chi connectivity index (χ2n) is 8.16. The van der Waals surface area contributed by atoms with Crippen LogP contribution in [0.5, 0.6) is 5.75 Å². The Morgan fingerprint density at radius 2 is 1.85 bits per heavy atom. The van der Waals surface area contributed by atoms with Crippen LogP contribution in [0.4, 0.5) is 0 Å². The summed E-state index contributed by atoms with van der Waals surface area (Å²) in [5.41, 5.74) is 3.19. The Kier molecular flexibility index (Phi) is 6.53. The van der Waals surface area contributed by atoms with Gasteiger partial charge in [0.05, 0.1) is 6.10 Å². The van der Waals surface area contributed by atoms with Gasteiger partial charge in [-0.3, -0.25) is 14.2 Å². The second kappa shape index (κ2) is 9.68. The predicted octanol–water partition coefficient (Wildman–Crippen LogP) is 3.85. The van der Waals surface area contributed by atoms with Gasteiger partial charge >= 0.3 is 0 Å². The van der Waals surface area contributed by atoms with E-state index < -0.39 is 0 Å². The van der Waals surface area contributed by atoms with Crippen molar-refractivity contribution in [2.24, 2.45) is 0 Å². The number of hydrogen-bond donors (Lipinski definition) is 1. The molecule has 0 atom stereocenters. The van der Waals surface area contributed by atoms with E-state index in [-0.39, 0.29) is 36.2 Å². The molecule has 170 valence electrons. The van der Waals surface area contributed by atoms with E-state index in [4.69, 9.17) is 9.26 Å². The standard InChI is InChI=1S/C25H26N4O4/c1-16(2)32-20-10-6-18(7-11-20)14-26-21(30)12-13-29-15-27-24-22(25(29)31)23(28-33-24)19-8-4-17(3)5-9-19/h4-11,15-16H,12-14H2,1-3H3,(H,26,30). The Balaban J connectivity index is 1.40. The van der Waals surface area contributed by atoms with Gasteiger partial charge in [0.15, 0.2) is 0 Å². The molecule has 0 fully saturated rings. The van der Waals surface area contributed by atoms with E-state index >= 15 is 0 Å². The highest BCUT2D eigenvalue weighted by Gasteiger charge is 2.17. The molecular weight excluding hydrogens is 420 g/mol. The molecule has 0 spiro atoms. The van der Waals surface area contributed by atoms with Crippen molar-refractivity contribution in [3.05, 3.63) is 76.3 Å². The molecule has 2 aromatic heterocycles. The van der Waals surface area contributed by atoms with Crippen LogP contribution < -0.4 is 15.6 Å². The minimum Gasteiger partial charge on any atom is -0.491 e. The van der Waals surface area contributed by atoms with Crippen LogP contribution in [0.1, 0.15) is 31.4 Å². The molecule has 1 N–H and O–H groups in total. The fraction of sp³-hybridized carbons (Fsp3) is 0.280. The van der Waals surface area contributed by atoms with E-state index in [1.54, 1.807) is 0 Å². The first-order chi connectivity index (χ1) is 15.9. The molecule has 0 saturated carbocycles. The number of nitrogens with one attached hydrogen (secondary N) is 1. The third kappa shape index (κ3) is 5.28. The van der Waals surface area contributed by atoms with Gasteiger partial charge in [-0.05, 0) is 38.5 Å². The van der Waals surface area contributed by atoms with Gasteiger partial charge in [-0.15, -0.1) is 0 Å². The lowest BCUT2D eigenvalue weighted by Crippen LogP contribution is -2.27. The van der Waals surface area contributed by atoms with Gasteiger partial charge in [0.25, 0.3) is 11.3 Å². The van der Waals surface area contributed by atoms with Crippen molar-refractivity contribution in [1.29, 1.82) is 0 Å². The van der Waals surface area contributed by atoms with Crippen LogP contribution in [-0.4, -0.2) is 26.7 Å². The number of fused-ring (bicyclic) bond motifs is 1. The molecule has 0 aliphatic rings. The lowest BCUT2D eigenvalue weighted by Gasteiger charge is -2.10. The van der Waals surface area contributed by atoms with E-state index in [9.17, 15) is 9.59 Å². The van der Waals surface area contributed by atoms with E-state index in [1.165, 1.54) is 10.9 Å². The quantitative estimate of drug-likeness (QED) is 0.441. The summed E-state index contributed by atoms with van der Waals surface area (Å²) >= 11 is 0. The van der Waals surface area contributed by atoms with Crippen molar-refractivity contribution >= 4 is 17.0 Å². The summed E-state index contributed by atoms with van der Waals surface area (Å²) < 4.78 is 12.3. The number of carbonyl (C=O) groups excluding carboxylic acids is 1. The lowest BCUT2D eigenvalue weighted by atomic mass is 10.1. The summed E-state index contributed by atoms with van der Waals surface area (Å²) in [5.74, 6) is 0.634.